The van der Waals surface area contributed by atoms with Gasteiger partial charge in [0.05, 0.1) is 0 Å². The van der Waals surface area contributed by atoms with Gasteiger partial charge in [-0.15, -0.1) is 0 Å². The lowest BCUT2D eigenvalue weighted by molar-refractivity contribution is -0.159. The molecular formula is C22H22N2O3. The highest BCUT2D eigenvalue weighted by Gasteiger charge is 2.44. The number of pyridine rings is 1. The maximum Gasteiger partial charge on any atom is 0.348 e. The third kappa shape index (κ3) is 3.78. The van der Waals surface area contributed by atoms with Crippen molar-refractivity contribution < 1.29 is 14.6 Å². The van der Waals surface area contributed by atoms with Gasteiger partial charge < -0.3 is 9.84 Å². The number of carbonyl (C=O) groups is 1. The van der Waals surface area contributed by atoms with Crippen molar-refractivity contribution in [1.82, 2.24) is 9.88 Å². The molecule has 27 heavy (non-hydrogen) atoms. The van der Waals surface area contributed by atoms with Crippen LogP contribution in [0.5, 0.6) is 5.75 Å². The van der Waals surface area contributed by atoms with Crippen LogP contribution in [0.3, 0.4) is 0 Å². The van der Waals surface area contributed by atoms with Gasteiger partial charge in [-0.25, -0.2) is 4.79 Å². The zero-order valence-corrected chi connectivity index (χ0v) is 15.0. The third-order valence-corrected chi connectivity index (χ3v) is 5.24. The first-order valence-corrected chi connectivity index (χ1v) is 9.17. The Morgan fingerprint density at radius 3 is 2.44 bits per heavy atom. The number of nitrogens with zero attached hydrogens (tertiary/aromatic N) is 2. The van der Waals surface area contributed by atoms with Gasteiger partial charge in [-0.2, -0.15) is 0 Å². The highest BCUT2D eigenvalue weighted by Crippen LogP contribution is 2.31. The van der Waals surface area contributed by atoms with Crippen molar-refractivity contribution in [2.45, 2.75) is 25.0 Å². The van der Waals surface area contributed by atoms with Gasteiger partial charge in [0.1, 0.15) is 5.75 Å². The van der Waals surface area contributed by atoms with E-state index in [0.717, 1.165) is 17.3 Å². The number of hydrogen-bond acceptors (Lipinski definition) is 4. The van der Waals surface area contributed by atoms with Crippen LogP contribution in [0.25, 0.3) is 10.8 Å². The van der Waals surface area contributed by atoms with E-state index in [1.807, 2.05) is 54.6 Å². The van der Waals surface area contributed by atoms with E-state index in [9.17, 15) is 9.90 Å². The van der Waals surface area contributed by atoms with Gasteiger partial charge in [0.2, 0.25) is 5.60 Å². The van der Waals surface area contributed by atoms with Crippen LogP contribution in [-0.2, 0) is 11.3 Å². The molecule has 0 unspecified atom stereocenters. The fourth-order valence-corrected chi connectivity index (χ4v) is 3.63. The maximum absolute atomic E-state index is 12.1. The standard InChI is InChI=1S/C22H22N2O3/c25-21(26)22(27-20-6-5-18-3-1-2-4-19(18)15-20)9-13-24(14-10-22)16-17-7-11-23-12-8-17/h1-8,11-12,15H,9-10,13-14,16H2,(H,25,26). The smallest absolute Gasteiger partial charge is 0.348 e. The SMILES string of the molecule is O=C(O)C1(Oc2ccc3ccccc3c2)CCN(Cc2ccncc2)CC1. The third-order valence-electron chi connectivity index (χ3n) is 5.24. The lowest BCUT2D eigenvalue weighted by Gasteiger charge is -2.39. The Labute approximate surface area is 158 Å². The van der Waals surface area contributed by atoms with Gasteiger partial charge in [0.25, 0.3) is 0 Å². The van der Waals surface area contributed by atoms with Crippen molar-refractivity contribution in [2.75, 3.05) is 13.1 Å². The van der Waals surface area contributed by atoms with Crippen molar-refractivity contribution in [1.29, 1.82) is 0 Å². The molecule has 1 aliphatic rings. The molecule has 0 amide bonds. The largest absolute Gasteiger partial charge is 0.478 e. The topological polar surface area (TPSA) is 62.7 Å². The number of ether oxygens (including phenoxy) is 1. The van der Waals surface area contributed by atoms with Crippen LogP contribution in [0, 0.1) is 0 Å². The van der Waals surface area contributed by atoms with Crippen LogP contribution in [0.2, 0.25) is 0 Å². The van der Waals surface area contributed by atoms with Crippen LogP contribution in [0.4, 0.5) is 0 Å². The van der Waals surface area contributed by atoms with E-state index >= 15 is 0 Å². The number of hydrogen-bond donors (Lipinski definition) is 1. The van der Waals surface area contributed by atoms with E-state index in [0.29, 0.717) is 31.7 Å². The first-order chi connectivity index (χ1) is 13.1. The summed E-state index contributed by atoms with van der Waals surface area (Å²) in [6.45, 7) is 2.17. The second-order valence-electron chi connectivity index (χ2n) is 7.04. The minimum Gasteiger partial charge on any atom is -0.478 e. The summed E-state index contributed by atoms with van der Waals surface area (Å²) in [5.41, 5.74) is 0.0141. The molecule has 0 radical (unpaired) electrons. The molecular weight excluding hydrogens is 340 g/mol. The molecule has 1 saturated heterocycles. The minimum atomic E-state index is -1.17. The van der Waals surface area contributed by atoms with Crippen molar-refractivity contribution in [3.8, 4) is 5.75 Å². The van der Waals surface area contributed by atoms with Gasteiger partial charge in [0.15, 0.2) is 0 Å². The first kappa shape index (κ1) is 17.5. The fraction of sp³-hybridized carbons (Fsp3) is 0.273. The van der Waals surface area contributed by atoms with Crippen LogP contribution in [0.15, 0.2) is 67.0 Å². The fourth-order valence-electron chi connectivity index (χ4n) is 3.63. The molecule has 1 fully saturated rings. The number of piperidine rings is 1. The number of aromatic nitrogens is 1. The number of carboxylic acids is 1. The Morgan fingerprint density at radius 2 is 1.74 bits per heavy atom. The number of benzene rings is 2. The van der Waals surface area contributed by atoms with Gasteiger partial charge in [-0.3, -0.25) is 9.88 Å². The Hall–Kier alpha value is -2.92. The predicted octanol–water partition coefficient (Wildman–Crippen LogP) is 3.73. The quantitative estimate of drug-likeness (QED) is 0.749. The van der Waals surface area contributed by atoms with E-state index in [1.54, 1.807) is 12.4 Å². The summed E-state index contributed by atoms with van der Waals surface area (Å²) in [4.78, 5) is 18.4. The summed E-state index contributed by atoms with van der Waals surface area (Å²) in [6, 6.07) is 17.7. The van der Waals surface area contributed by atoms with Crippen molar-refractivity contribution in [3.05, 3.63) is 72.6 Å². The number of likely N-dealkylation sites (tertiary alicyclic amines) is 1. The molecule has 0 spiro atoms. The van der Waals surface area contributed by atoms with Crippen LogP contribution in [-0.4, -0.2) is 39.7 Å². The molecule has 0 bridgehead atoms. The number of rotatable bonds is 5. The Kier molecular flexibility index (Phi) is 4.77. The van der Waals surface area contributed by atoms with E-state index in [-0.39, 0.29) is 0 Å². The maximum atomic E-state index is 12.1. The number of fused-ring (bicyclic) bond motifs is 1. The zero-order valence-electron chi connectivity index (χ0n) is 15.0. The van der Waals surface area contributed by atoms with Crippen molar-refractivity contribution >= 4 is 16.7 Å². The number of carboxylic acid groups (broad SMARTS) is 1. The zero-order chi connectivity index (χ0) is 18.7. The first-order valence-electron chi connectivity index (χ1n) is 9.17. The van der Waals surface area contributed by atoms with Gasteiger partial charge in [-0.1, -0.05) is 30.3 Å². The van der Waals surface area contributed by atoms with Crippen LogP contribution >= 0.6 is 0 Å². The van der Waals surface area contributed by atoms with Gasteiger partial charge >= 0.3 is 5.97 Å². The summed E-state index contributed by atoms with van der Waals surface area (Å²) in [5, 5.41) is 12.0. The highest BCUT2D eigenvalue weighted by atomic mass is 16.5. The van der Waals surface area contributed by atoms with E-state index in [1.165, 1.54) is 5.56 Å². The molecule has 0 saturated carbocycles. The molecule has 3 aromatic rings. The second-order valence-corrected chi connectivity index (χ2v) is 7.04. The Balaban J connectivity index is 1.48. The van der Waals surface area contributed by atoms with Gasteiger partial charge in [-0.05, 0) is 40.6 Å². The van der Waals surface area contributed by atoms with E-state index in [4.69, 9.17) is 4.74 Å². The monoisotopic (exact) mass is 362 g/mol. The molecule has 5 nitrogen and oxygen atoms in total. The second kappa shape index (κ2) is 7.37. The minimum absolute atomic E-state index is 0.459. The van der Waals surface area contributed by atoms with Crippen molar-refractivity contribution in [3.63, 3.8) is 0 Å². The average molecular weight is 362 g/mol. The average Bonchev–Trinajstić information content (AvgIpc) is 2.70. The lowest BCUT2D eigenvalue weighted by Crippen LogP contribution is -2.53. The molecule has 4 rings (SSSR count). The predicted molar refractivity (Wildman–Crippen MR) is 104 cm³/mol. The number of aliphatic carboxylic acids is 1. The van der Waals surface area contributed by atoms with E-state index in [2.05, 4.69) is 9.88 Å². The molecule has 0 aliphatic carbocycles. The molecule has 138 valence electrons. The van der Waals surface area contributed by atoms with E-state index < -0.39 is 11.6 Å². The molecule has 2 heterocycles. The molecule has 5 heteroatoms. The Morgan fingerprint density at radius 1 is 1.04 bits per heavy atom. The summed E-state index contributed by atoms with van der Waals surface area (Å²) < 4.78 is 6.07. The summed E-state index contributed by atoms with van der Waals surface area (Å²) >= 11 is 0. The van der Waals surface area contributed by atoms with Crippen molar-refractivity contribution in [2.24, 2.45) is 0 Å². The molecule has 0 atom stereocenters. The molecule has 1 N–H and O–H groups in total. The molecule has 2 aromatic carbocycles. The van der Waals surface area contributed by atoms with Crippen LogP contribution in [0.1, 0.15) is 18.4 Å². The summed E-state index contributed by atoms with van der Waals surface area (Å²) in [7, 11) is 0. The van der Waals surface area contributed by atoms with Crippen LogP contribution < -0.4 is 4.74 Å². The van der Waals surface area contributed by atoms with Gasteiger partial charge in [0, 0.05) is 44.9 Å². The normalized spacial score (nSPS) is 16.9. The molecule has 1 aliphatic heterocycles. The lowest BCUT2D eigenvalue weighted by atomic mass is 9.90. The summed E-state index contributed by atoms with van der Waals surface area (Å²) in [6.07, 6.45) is 4.48. The highest BCUT2D eigenvalue weighted by molar-refractivity contribution is 5.84. The Bertz CT molecular complexity index is 934. The molecule has 1 aromatic heterocycles. The summed E-state index contributed by atoms with van der Waals surface area (Å²) in [5.74, 6) is -0.280.